The van der Waals surface area contributed by atoms with Crippen molar-refractivity contribution in [2.24, 2.45) is 9.98 Å². The van der Waals surface area contributed by atoms with E-state index in [0.717, 1.165) is 44.0 Å². The number of amidine groups is 2. The molecule has 3 aromatic carbocycles. The Balaban J connectivity index is 1.56. The molecule has 27 heavy (non-hydrogen) atoms. The first kappa shape index (κ1) is 17.8. The summed E-state index contributed by atoms with van der Waals surface area (Å²) in [5.74, 6) is 1.69. The highest BCUT2D eigenvalue weighted by molar-refractivity contribution is 6.30. The van der Waals surface area contributed by atoms with Gasteiger partial charge in [0.2, 0.25) is 0 Å². The lowest BCUT2D eigenvalue weighted by Crippen LogP contribution is -2.23. The lowest BCUT2D eigenvalue weighted by Gasteiger charge is -2.02. The molecule has 0 bridgehead atoms. The van der Waals surface area contributed by atoms with Gasteiger partial charge >= 0.3 is 0 Å². The molecule has 3 aromatic rings. The van der Waals surface area contributed by atoms with Crippen LogP contribution in [-0.4, -0.2) is 11.7 Å². The Kier molecular flexibility index (Phi) is 5.23. The maximum atomic E-state index is 5.95. The van der Waals surface area contributed by atoms with Crippen molar-refractivity contribution in [2.75, 3.05) is 0 Å². The molecule has 3 nitrogen and oxygen atoms in total. The Hall–Kier alpha value is -2.62. The molecule has 0 amide bonds. The molecule has 1 aliphatic heterocycles. The standard InChI is InChI=1S/C22H17Cl2N3/c23-17-9-5-15(6-10-17)13-25-21-19-3-1-2-4-20(19)22(27-21)26-14-16-7-11-18(24)12-8-16/h1-12H,13-14H2,(H,25,26,27). The Morgan fingerprint density at radius 3 is 1.41 bits per heavy atom. The zero-order valence-corrected chi connectivity index (χ0v) is 16.0. The summed E-state index contributed by atoms with van der Waals surface area (Å²) < 4.78 is 0. The number of hydrogen-bond acceptors (Lipinski definition) is 2. The van der Waals surface area contributed by atoms with Crippen molar-refractivity contribution >= 4 is 34.9 Å². The third-order valence-corrected chi connectivity index (χ3v) is 4.84. The van der Waals surface area contributed by atoms with Crippen molar-refractivity contribution in [3.05, 3.63) is 105 Å². The van der Waals surface area contributed by atoms with E-state index >= 15 is 0 Å². The minimum atomic E-state index is 0.582. The van der Waals surface area contributed by atoms with Gasteiger partial charge in [-0.2, -0.15) is 0 Å². The predicted octanol–water partition coefficient (Wildman–Crippen LogP) is 5.49. The first-order chi connectivity index (χ1) is 13.2. The quantitative estimate of drug-likeness (QED) is 0.624. The van der Waals surface area contributed by atoms with Crippen LogP contribution in [-0.2, 0) is 13.1 Å². The number of halogens is 2. The number of rotatable bonds is 4. The van der Waals surface area contributed by atoms with Gasteiger partial charge in [0.25, 0.3) is 0 Å². The van der Waals surface area contributed by atoms with Gasteiger partial charge in [0.15, 0.2) is 0 Å². The molecule has 1 aliphatic rings. The Labute approximate surface area is 168 Å². The second-order valence-corrected chi connectivity index (χ2v) is 7.13. The molecule has 1 N–H and O–H groups in total. The van der Waals surface area contributed by atoms with E-state index in [0.29, 0.717) is 13.1 Å². The molecule has 0 aliphatic carbocycles. The zero-order chi connectivity index (χ0) is 18.6. The molecular formula is C22H17Cl2N3. The zero-order valence-electron chi connectivity index (χ0n) is 14.5. The van der Waals surface area contributed by atoms with Crippen molar-refractivity contribution < 1.29 is 0 Å². The first-order valence-corrected chi connectivity index (χ1v) is 9.39. The first-order valence-electron chi connectivity index (χ1n) is 8.63. The molecule has 0 fully saturated rings. The van der Waals surface area contributed by atoms with E-state index in [-0.39, 0.29) is 0 Å². The molecule has 4 rings (SSSR count). The molecule has 5 heteroatoms. The Morgan fingerprint density at radius 1 is 0.593 bits per heavy atom. The number of fused-ring (bicyclic) bond motifs is 1. The third kappa shape index (κ3) is 4.21. The average Bonchev–Trinajstić information content (AvgIpc) is 3.05. The van der Waals surface area contributed by atoms with Gasteiger partial charge in [0.05, 0.1) is 13.1 Å². The van der Waals surface area contributed by atoms with Crippen molar-refractivity contribution in [1.82, 2.24) is 5.32 Å². The number of hydrogen-bond donors (Lipinski definition) is 1. The van der Waals surface area contributed by atoms with Gasteiger partial charge < -0.3 is 5.32 Å². The van der Waals surface area contributed by atoms with Crippen LogP contribution in [0.2, 0.25) is 10.0 Å². The Morgan fingerprint density at radius 2 is 1.00 bits per heavy atom. The molecule has 1 heterocycles. The van der Waals surface area contributed by atoms with Crippen LogP contribution in [0.4, 0.5) is 0 Å². The second-order valence-electron chi connectivity index (χ2n) is 6.25. The van der Waals surface area contributed by atoms with Gasteiger partial charge in [0, 0.05) is 21.2 Å². The summed E-state index contributed by atoms with van der Waals surface area (Å²) in [6.07, 6.45) is 0. The fourth-order valence-electron chi connectivity index (χ4n) is 2.91. The lowest BCUT2D eigenvalue weighted by atomic mass is 10.1. The largest absolute Gasteiger partial charge is 0.324 e. The molecule has 0 saturated heterocycles. The van der Waals surface area contributed by atoms with E-state index in [1.54, 1.807) is 0 Å². The monoisotopic (exact) mass is 393 g/mol. The van der Waals surface area contributed by atoms with Gasteiger partial charge in [0.1, 0.15) is 11.7 Å². The summed E-state index contributed by atoms with van der Waals surface area (Å²) in [7, 11) is 0. The highest BCUT2D eigenvalue weighted by atomic mass is 35.5. The van der Waals surface area contributed by atoms with Crippen molar-refractivity contribution in [1.29, 1.82) is 0 Å². The molecule has 0 spiro atoms. The molecule has 0 aromatic heterocycles. The van der Waals surface area contributed by atoms with E-state index in [2.05, 4.69) is 17.4 Å². The van der Waals surface area contributed by atoms with Crippen LogP contribution in [0.15, 0.2) is 82.8 Å². The predicted molar refractivity (Wildman–Crippen MR) is 113 cm³/mol. The SMILES string of the molecule is Clc1ccc(CN=C2NC(=NCc3ccc(Cl)cc3)c3ccccc32)cc1. The number of nitrogens with one attached hydrogen (secondary N) is 1. The Bertz CT molecular complexity index is 924. The topological polar surface area (TPSA) is 36.8 Å². The third-order valence-electron chi connectivity index (χ3n) is 4.34. The van der Waals surface area contributed by atoms with Gasteiger partial charge in [-0.15, -0.1) is 0 Å². The van der Waals surface area contributed by atoms with Gasteiger partial charge in [-0.05, 0) is 35.4 Å². The normalized spacial score (nSPS) is 15.8. The molecule has 0 radical (unpaired) electrons. The van der Waals surface area contributed by atoms with Crippen LogP contribution >= 0.6 is 23.2 Å². The molecule has 0 unspecified atom stereocenters. The lowest BCUT2D eigenvalue weighted by molar-refractivity contribution is 1.04. The van der Waals surface area contributed by atoms with E-state index in [4.69, 9.17) is 33.2 Å². The number of aliphatic imine (C=N–C) groups is 2. The molecule has 134 valence electrons. The summed E-state index contributed by atoms with van der Waals surface area (Å²) in [4.78, 5) is 9.49. The summed E-state index contributed by atoms with van der Waals surface area (Å²) >= 11 is 11.9. The summed E-state index contributed by atoms with van der Waals surface area (Å²) in [5, 5.41) is 4.83. The van der Waals surface area contributed by atoms with Crippen LogP contribution in [0.5, 0.6) is 0 Å². The van der Waals surface area contributed by atoms with Gasteiger partial charge in [-0.1, -0.05) is 71.7 Å². The van der Waals surface area contributed by atoms with Crippen LogP contribution in [0.1, 0.15) is 22.3 Å². The van der Waals surface area contributed by atoms with E-state index in [9.17, 15) is 0 Å². The summed E-state index contributed by atoms with van der Waals surface area (Å²) in [5.41, 5.74) is 4.36. The van der Waals surface area contributed by atoms with Crippen molar-refractivity contribution in [2.45, 2.75) is 13.1 Å². The van der Waals surface area contributed by atoms with Gasteiger partial charge in [-0.3, -0.25) is 9.98 Å². The van der Waals surface area contributed by atoms with E-state index < -0.39 is 0 Å². The van der Waals surface area contributed by atoms with Gasteiger partial charge in [-0.25, -0.2) is 0 Å². The smallest absolute Gasteiger partial charge is 0.134 e. The van der Waals surface area contributed by atoms with Crippen LogP contribution < -0.4 is 5.32 Å². The highest BCUT2D eigenvalue weighted by Crippen LogP contribution is 2.19. The number of nitrogens with zero attached hydrogens (tertiary/aromatic N) is 2. The highest BCUT2D eigenvalue weighted by Gasteiger charge is 2.22. The fourth-order valence-corrected chi connectivity index (χ4v) is 3.16. The fraction of sp³-hybridized carbons (Fsp3) is 0.0909. The molecular weight excluding hydrogens is 377 g/mol. The molecule has 0 atom stereocenters. The average molecular weight is 394 g/mol. The van der Waals surface area contributed by atoms with Crippen LogP contribution in [0.25, 0.3) is 0 Å². The maximum absolute atomic E-state index is 5.95. The maximum Gasteiger partial charge on any atom is 0.134 e. The van der Waals surface area contributed by atoms with E-state index in [1.165, 1.54) is 0 Å². The second kappa shape index (κ2) is 7.95. The van der Waals surface area contributed by atoms with Crippen molar-refractivity contribution in [3.8, 4) is 0 Å². The van der Waals surface area contributed by atoms with Crippen LogP contribution in [0.3, 0.4) is 0 Å². The molecule has 0 saturated carbocycles. The van der Waals surface area contributed by atoms with E-state index in [1.807, 2.05) is 60.7 Å². The summed E-state index contributed by atoms with van der Waals surface area (Å²) in [6, 6.07) is 23.6. The summed E-state index contributed by atoms with van der Waals surface area (Å²) in [6.45, 7) is 1.16. The number of benzene rings is 3. The minimum absolute atomic E-state index is 0.582. The van der Waals surface area contributed by atoms with Crippen LogP contribution in [0, 0.1) is 0 Å². The van der Waals surface area contributed by atoms with Crippen molar-refractivity contribution in [3.63, 3.8) is 0 Å². The minimum Gasteiger partial charge on any atom is -0.324 e.